The van der Waals surface area contributed by atoms with Crippen LogP contribution in [0.4, 0.5) is 5.69 Å². The molecule has 2 aromatic rings. The summed E-state index contributed by atoms with van der Waals surface area (Å²) < 4.78 is 35.4. The van der Waals surface area contributed by atoms with Crippen LogP contribution in [0.15, 0.2) is 30.6 Å². The predicted molar refractivity (Wildman–Crippen MR) is 101 cm³/mol. The van der Waals surface area contributed by atoms with Crippen LogP contribution in [0.25, 0.3) is 0 Å². The quantitative estimate of drug-likeness (QED) is 0.833. The first-order valence-corrected chi connectivity index (χ1v) is 10.1. The number of hydrogen-bond acceptors (Lipinski definition) is 6. The summed E-state index contributed by atoms with van der Waals surface area (Å²) >= 11 is 0. The Balaban J connectivity index is 1.87. The van der Waals surface area contributed by atoms with Crippen LogP contribution in [-0.2, 0) is 23.0 Å². The fourth-order valence-corrected chi connectivity index (χ4v) is 3.83. The highest BCUT2D eigenvalue weighted by Gasteiger charge is 2.26. The third-order valence-corrected chi connectivity index (χ3v) is 5.72. The van der Waals surface area contributed by atoms with Crippen LogP contribution in [0, 0.1) is 0 Å². The summed E-state index contributed by atoms with van der Waals surface area (Å²) in [5, 5.41) is 2.83. The molecule has 9 heteroatoms. The molecular formula is C18H21N3O5S. The second kappa shape index (κ2) is 7.53. The van der Waals surface area contributed by atoms with Gasteiger partial charge in [0.15, 0.2) is 0 Å². The minimum Gasteiger partial charge on any atom is -0.497 e. The maximum atomic E-state index is 12.8. The van der Waals surface area contributed by atoms with Gasteiger partial charge in [0.25, 0.3) is 5.91 Å². The standard InChI is InChI=1S/C18H21N3O5S/c1-25-13-4-5-16(17(8-13)26-2)20-18(22)15-10-19-9-12-11-21(27(3,23)24)7-6-14(12)15/h4-5,8-10H,6-7,11H2,1-3H3,(H,20,22). The van der Waals surface area contributed by atoms with Crippen molar-refractivity contribution >= 4 is 21.6 Å². The molecule has 1 aliphatic heterocycles. The zero-order valence-electron chi connectivity index (χ0n) is 15.4. The molecule has 0 aliphatic carbocycles. The number of sulfonamides is 1. The lowest BCUT2D eigenvalue weighted by Gasteiger charge is -2.27. The number of amides is 1. The Morgan fingerprint density at radius 2 is 2.00 bits per heavy atom. The van der Waals surface area contributed by atoms with Crippen molar-refractivity contribution in [2.45, 2.75) is 13.0 Å². The third kappa shape index (κ3) is 4.04. The van der Waals surface area contributed by atoms with E-state index in [9.17, 15) is 13.2 Å². The minimum atomic E-state index is -3.29. The zero-order chi connectivity index (χ0) is 19.6. The van der Waals surface area contributed by atoms with Gasteiger partial charge in [-0.05, 0) is 29.7 Å². The van der Waals surface area contributed by atoms with Gasteiger partial charge < -0.3 is 14.8 Å². The number of anilines is 1. The summed E-state index contributed by atoms with van der Waals surface area (Å²) in [4.78, 5) is 16.9. The van der Waals surface area contributed by atoms with Crippen LogP contribution in [0.3, 0.4) is 0 Å². The fraction of sp³-hybridized carbons (Fsp3) is 0.333. The van der Waals surface area contributed by atoms with E-state index in [1.807, 2.05) is 0 Å². The van der Waals surface area contributed by atoms with Gasteiger partial charge in [-0.3, -0.25) is 9.78 Å². The van der Waals surface area contributed by atoms with Gasteiger partial charge in [-0.1, -0.05) is 0 Å². The molecule has 1 N–H and O–H groups in total. The molecule has 0 radical (unpaired) electrons. The number of benzene rings is 1. The Morgan fingerprint density at radius 3 is 2.67 bits per heavy atom. The molecule has 0 saturated carbocycles. The number of methoxy groups -OCH3 is 2. The second-order valence-electron chi connectivity index (χ2n) is 6.19. The van der Waals surface area contributed by atoms with Gasteiger partial charge in [-0.2, -0.15) is 4.31 Å². The van der Waals surface area contributed by atoms with Crippen LogP contribution >= 0.6 is 0 Å². The van der Waals surface area contributed by atoms with E-state index >= 15 is 0 Å². The lowest BCUT2D eigenvalue weighted by atomic mass is 9.98. The summed E-state index contributed by atoms with van der Waals surface area (Å²) in [5.41, 5.74) is 2.49. The predicted octanol–water partition coefficient (Wildman–Crippen LogP) is 1.67. The molecule has 1 aromatic heterocycles. The molecule has 27 heavy (non-hydrogen) atoms. The average molecular weight is 391 g/mol. The van der Waals surface area contributed by atoms with Crippen molar-refractivity contribution in [3.05, 3.63) is 47.3 Å². The number of hydrogen-bond donors (Lipinski definition) is 1. The summed E-state index contributed by atoms with van der Waals surface area (Å²) in [6.45, 7) is 0.552. The van der Waals surface area contributed by atoms with Crippen molar-refractivity contribution in [2.75, 3.05) is 32.3 Å². The van der Waals surface area contributed by atoms with Gasteiger partial charge in [-0.25, -0.2) is 8.42 Å². The summed E-state index contributed by atoms with van der Waals surface area (Å²) in [6, 6.07) is 5.10. The fourth-order valence-electron chi connectivity index (χ4n) is 3.04. The third-order valence-electron chi connectivity index (χ3n) is 4.48. The van der Waals surface area contributed by atoms with E-state index in [1.54, 1.807) is 31.5 Å². The number of carbonyl (C=O) groups is 1. The van der Waals surface area contributed by atoms with E-state index in [4.69, 9.17) is 9.47 Å². The van der Waals surface area contributed by atoms with E-state index in [-0.39, 0.29) is 12.5 Å². The monoisotopic (exact) mass is 391 g/mol. The first kappa shape index (κ1) is 19.1. The van der Waals surface area contributed by atoms with Gasteiger partial charge in [0.2, 0.25) is 10.0 Å². The highest BCUT2D eigenvalue weighted by Crippen LogP contribution is 2.30. The Kier molecular flexibility index (Phi) is 5.33. The zero-order valence-corrected chi connectivity index (χ0v) is 16.2. The van der Waals surface area contributed by atoms with Gasteiger partial charge in [0.1, 0.15) is 11.5 Å². The van der Waals surface area contributed by atoms with Gasteiger partial charge >= 0.3 is 0 Å². The molecule has 144 valence electrons. The maximum absolute atomic E-state index is 12.8. The number of rotatable bonds is 5. The molecular weight excluding hydrogens is 370 g/mol. The van der Waals surface area contributed by atoms with Crippen LogP contribution in [0.5, 0.6) is 11.5 Å². The second-order valence-corrected chi connectivity index (χ2v) is 8.17. The number of nitrogens with zero attached hydrogens (tertiary/aromatic N) is 2. The lowest BCUT2D eigenvalue weighted by molar-refractivity contribution is 0.102. The van der Waals surface area contributed by atoms with Crippen LogP contribution in [0.1, 0.15) is 21.5 Å². The first-order chi connectivity index (χ1) is 12.8. The van der Waals surface area contributed by atoms with Crippen molar-refractivity contribution in [3.63, 3.8) is 0 Å². The normalized spacial score (nSPS) is 14.3. The average Bonchev–Trinajstić information content (AvgIpc) is 2.66. The first-order valence-electron chi connectivity index (χ1n) is 8.27. The van der Waals surface area contributed by atoms with Crippen molar-refractivity contribution in [1.29, 1.82) is 0 Å². The minimum absolute atomic E-state index is 0.216. The van der Waals surface area contributed by atoms with E-state index in [2.05, 4.69) is 10.3 Å². The Hall–Kier alpha value is -2.65. The molecule has 0 unspecified atom stereocenters. The highest BCUT2D eigenvalue weighted by atomic mass is 32.2. The number of fused-ring (bicyclic) bond motifs is 1. The van der Waals surface area contributed by atoms with Gasteiger partial charge in [0, 0.05) is 31.5 Å². The maximum Gasteiger partial charge on any atom is 0.257 e. The SMILES string of the molecule is COc1ccc(NC(=O)c2cncc3c2CCN(S(C)(=O)=O)C3)c(OC)c1. The number of ether oxygens (including phenoxy) is 2. The molecule has 0 spiro atoms. The van der Waals surface area contributed by atoms with E-state index in [1.165, 1.54) is 23.9 Å². The Morgan fingerprint density at radius 1 is 1.22 bits per heavy atom. The van der Waals surface area contributed by atoms with Crippen LogP contribution in [-0.4, -0.2) is 50.6 Å². The molecule has 0 bridgehead atoms. The molecule has 0 fully saturated rings. The number of carbonyl (C=O) groups excluding carboxylic acids is 1. The van der Waals surface area contributed by atoms with Crippen molar-refractivity contribution in [1.82, 2.24) is 9.29 Å². The molecule has 0 atom stereocenters. The molecule has 8 nitrogen and oxygen atoms in total. The molecule has 3 rings (SSSR count). The molecule has 1 aliphatic rings. The van der Waals surface area contributed by atoms with Crippen LogP contribution in [0.2, 0.25) is 0 Å². The lowest BCUT2D eigenvalue weighted by Crippen LogP contribution is -2.36. The van der Waals surface area contributed by atoms with E-state index in [0.29, 0.717) is 35.7 Å². The molecule has 0 saturated heterocycles. The molecule has 1 amide bonds. The van der Waals surface area contributed by atoms with Crippen LogP contribution < -0.4 is 14.8 Å². The number of aromatic nitrogens is 1. The van der Waals surface area contributed by atoms with Crippen molar-refractivity contribution < 1.29 is 22.7 Å². The van der Waals surface area contributed by atoms with Crippen molar-refractivity contribution in [2.24, 2.45) is 0 Å². The van der Waals surface area contributed by atoms with Gasteiger partial charge in [0.05, 0.1) is 31.7 Å². The topological polar surface area (TPSA) is 97.8 Å². The number of pyridine rings is 1. The highest BCUT2D eigenvalue weighted by molar-refractivity contribution is 7.88. The van der Waals surface area contributed by atoms with E-state index < -0.39 is 10.0 Å². The molecule has 2 heterocycles. The van der Waals surface area contributed by atoms with Crippen molar-refractivity contribution in [3.8, 4) is 11.5 Å². The largest absolute Gasteiger partial charge is 0.497 e. The number of nitrogens with one attached hydrogen (secondary N) is 1. The molecule has 1 aromatic carbocycles. The summed E-state index contributed by atoms with van der Waals surface area (Å²) in [5.74, 6) is 0.767. The summed E-state index contributed by atoms with van der Waals surface area (Å²) in [6.07, 6.45) is 4.74. The van der Waals surface area contributed by atoms with Gasteiger partial charge in [-0.15, -0.1) is 0 Å². The Bertz CT molecular complexity index is 975. The smallest absolute Gasteiger partial charge is 0.257 e. The van der Waals surface area contributed by atoms with E-state index in [0.717, 1.165) is 11.1 Å². The summed E-state index contributed by atoms with van der Waals surface area (Å²) in [7, 11) is -0.229. The Labute approximate surface area is 158 Å².